The van der Waals surface area contributed by atoms with Gasteiger partial charge in [0.05, 0.1) is 0 Å². The molecule has 3 amide bonds. The normalized spacial score (nSPS) is 25.6. The topological polar surface area (TPSA) is 75.7 Å². The zero-order chi connectivity index (χ0) is 21.5. The third-order valence-corrected chi connectivity index (χ3v) is 6.18. The summed E-state index contributed by atoms with van der Waals surface area (Å²) in [6.45, 7) is 6.06. The van der Waals surface area contributed by atoms with E-state index in [1.54, 1.807) is 0 Å². The Balaban J connectivity index is 1.43. The molecule has 0 aromatic heterocycles. The lowest BCUT2D eigenvalue weighted by Gasteiger charge is -2.43. The van der Waals surface area contributed by atoms with Crippen molar-refractivity contribution in [2.45, 2.75) is 52.2 Å². The molecular formula is C24H28N2O4. The van der Waals surface area contributed by atoms with Crippen molar-refractivity contribution in [3.8, 4) is 0 Å². The van der Waals surface area contributed by atoms with Crippen LogP contribution >= 0.6 is 0 Å². The van der Waals surface area contributed by atoms with Crippen LogP contribution in [0.1, 0.15) is 45.6 Å². The monoisotopic (exact) mass is 408 g/mol. The van der Waals surface area contributed by atoms with Gasteiger partial charge in [0.15, 0.2) is 0 Å². The van der Waals surface area contributed by atoms with E-state index < -0.39 is 17.5 Å². The minimum absolute atomic E-state index is 0.0501. The van der Waals surface area contributed by atoms with Gasteiger partial charge in [0, 0.05) is 0 Å². The Morgan fingerprint density at radius 2 is 1.87 bits per heavy atom. The van der Waals surface area contributed by atoms with Crippen molar-refractivity contribution in [3.05, 3.63) is 48.0 Å². The maximum atomic E-state index is 13.1. The summed E-state index contributed by atoms with van der Waals surface area (Å²) in [7, 11) is 0. The SMILES string of the molecule is C[C@H]1CC(C)(C)C[C@@]2(C1)NC(=O)N(CC(=O)OCc1cccc3ccccc13)C2=O. The first-order valence-corrected chi connectivity index (χ1v) is 10.5. The standard InChI is InChI=1S/C24H28N2O4/c1-16-11-23(2,3)15-24(12-16)21(28)26(22(29)25-24)13-20(27)30-14-18-9-6-8-17-7-4-5-10-19(17)18/h4-10,16H,11-15H2,1-3H3,(H,25,29)/t16-,24+/m0/s1. The lowest BCUT2D eigenvalue weighted by molar-refractivity contribution is -0.149. The van der Waals surface area contributed by atoms with E-state index in [0.717, 1.165) is 27.7 Å². The largest absolute Gasteiger partial charge is 0.459 e. The maximum Gasteiger partial charge on any atom is 0.326 e. The van der Waals surface area contributed by atoms with E-state index in [0.29, 0.717) is 18.8 Å². The second kappa shape index (κ2) is 7.42. The maximum absolute atomic E-state index is 13.1. The second-order valence-electron chi connectivity index (χ2n) is 9.56. The number of urea groups is 1. The molecule has 2 aromatic rings. The first-order chi connectivity index (χ1) is 14.2. The highest BCUT2D eigenvalue weighted by Gasteiger charge is 2.56. The van der Waals surface area contributed by atoms with Crippen LogP contribution in [0.4, 0.5) is 4.79 Å². The molecule has 6 nitrogen and oxygen atoms in total. The van der Waals surface area contributed by atoms with Crippen molar-refractivity contribution in [1.82, 2.24) is 10.2 Å². The van der Waals surface area contributed by atoms with Gasteiger partial charge in [-0.15, -0.1) is 0 Å². The predicted octanol–water partition coefficient (Wildman–Crippen LogP) is 4.02. The van der Waals surface area contributed by atoms with Crippen molar-refractivity contribution >= 4 is 28.7 Å². The Labute approximate surface area is 176 Å². The lowest BCUT2D eigenvalue weighted by Crippen LogP contribution is -2.54. The van der Waals surface area contributed by atoms with Crippen LogP contribution in [0, 0.1) is 11.3 Å². The molecule has 0 radical (unpaired) electrons. The van der Waals surface area contributed by atoms with Crippen molar-refractivity contribution < 1.29 is 19.1 Å². The zero-order valence-electron chi connectivity index (χ0n) is 17.7. The minimum atomic E-state index is -0.909. The molecular weight excluding hydrogens is 380 g/mol. The van der Waals surface area contributed by atoms with Gasteiger partial charge in [0.2, 0.25) is 0 Å². The average molecular weight is 408 g/mol. The summed E-state index contributed by atoms with van der Waals surface area (Å²) in [6, 6.07) is 13.2. The number of nitrogens with one attached hydrogen (secondary N) is 1. The Bertz CT molecular complexity index is 1010. The summed E-state index contributed by atoms with van der Waals surface area (Å²) in [4.78, 5) is 39.2. The van der Waals surface area contributed by atoms with E-state index in [4.69, 9.17) is 4.74 Å². The number of esters is 1. The summed E-state index contributed by atoms with van der Waals surface area (Å²) >= 11 is 0. The van der Waals surface area contributed by atoms with Crippen LogP contribution in [0.3, 0.4) is 0 Å². The molecule has 1 spiro atoms. The number of hydrogen-bond acceptors (Lipinski definition) is 4. The van der Waals surface area contributed by atoms with Crippen LogP contribution in [-0.2, 0) is 20.9 Å². The number of fused-ring (bicyclic) bond motifs is 1. The van der Waals surface area contributed by atoms with Gasteiger partial charge in [0.1, 0.15) is 18.7 Å². The predicted molar refractivity (Wildman–Crippen MR) is 114 cm³/mol. The molecule has 2 fully saturated rings. The minimum Gasteiger partial charge on any atom is -0.459 e. The van der Waals surface area contributed by atoms with Gasteiger partial charge in [0.25, 0.3) is 5.91 Å². The Morgan fingerprint density at radius 3 is 2.63 bits per heavy atom. The number of nitrogens with zero attached hydrogens (tertiary/aromatic N) is 1. The van der Waals surface area contributed by atoms with Gasteiger partial charge < -0.3 is 10.1 Å². The van der Waals surface area contributed by atoms with Crippen LogP contribution < -0.4 is 5.32 Å². The third kappa shape index (κ3) is 3.78. The van der Waals surface area contributed by atoms with Gasteiger partial charge in [-0.1, -0.05) is 63.2 Å². The fourth-order valence-corrected chi connectivity index (χ4v) is 5.40. The number of carbonyl (C=O) groups excluding carboxylic acids is 3. The van der Waals surface area contributed by atoms with Gasteiger partial charge in [-0.2, -0.15) is 0 Å². The van der Waals surface area contributed by atoms with E-state index >= 15 is 0 Å². The van der Waals surface area contributed by atoms with Crippen molar-refractivity contribution in [2.24, 2.45) is 11.3 Å². The fourth-order valence-electron chi connectivity index (χ4n) is 5.40. The molecule has 1 N–H and O–H groups in total. The smallest absolute Gasteiger partial charge is 0.326 e. The molecule has 1 heterocycles. The molecule has 2 aliphatic rings. The summed E-state index contributed by atoms with van der Waals surface area (Å²) in [5.41, 5.74) is -0.0717. The Hall–Kier alpha value is -2.89. The number of benzene rings is 2. The van der Waals surface area contributed by atoms with E-state index in [-0.39, 0.29) is 24.5 Å². The number of ether oxygens (including phenoxy) is 1. The molecule has 0 unspecified atom stereocenters. The molecule has 4 rings (SSSR count). The second-order valence-corrected chi connectivity index (χ2v) is 9.56. The zero-order valence-corrected chi connectivity index (χ0v) is 17.7. The van der Waals surface area contributed by atoms with Crippen LogP contribution in [-0.4, -0.2) is 34.9 Å². The summed E-state index contributed by atoms with van der Waals surface area (Å²) in [5, 5.41) is 4.97. The molecule has 2 aromatic carbocycles. The van der Waals surface area contributed by atoms with E-state index in [9.17, 15) is 14.4 Å². The van der Waals surface area contributed by atoms with Crippen molar-refractivity contribution in [1.29, 1.82) is 0 Å². The van der Waals surface area contributed by atoms with Gasteiger partial charge in [-0.05, 0) is 46.9 Å². The average Bonchev–Trinajstić information content (AvgIpc) is 2.88. The van der Waals surface area contributed by atoms with Crippen LogP contribution in [0.15, 0.2) is 42.5 Å². The number of imide groups is 1. The number of hydrogen-bond donors (Lipinski definition) is 1. The fraction of sp³-hybridized carbons (Fsp3) is 0.458. The van der Waals surface area contributed by atoms with Gasteiger partial charge in [-0.25, -0.2) is 4.79 Å². The Morgan fingerprint density at radius 1 is 1.13 bits per heavy atom. The summed E-state index contributed by atoms with van der Waals surface area (Å²) in [5.74, 6) is -0.586. The highest BCUT2D eigenvalue weighted by molar-refractivity contribution is 6.08. The van der Waals surface area contributed by atoms with Crippen LogP contribution in [0.25, 0.3) is 10.8 Å². The van der Waals surface area contributed by atoms with Crippen molar-refractivity contribution in [2.75, 3.05) is 6.54 Å². The Kier molecular flexibility index (Phi) is 5.04. The van der Waals surface area contributed by atoms with Gasteiger partial charge >= 0.3 is 12.0 Å². The van der Waals surface area contributed by atoms with E-state index in [1.165, 1.54) is 0 Å². The van der Waals surface area contributed by atoms with Crippen molar-refractivity contribution in [3.63, 3.8) is 0 Å². The number of carbonyl (C=O) groups is 3. The molecule has 1 aliphatic carbocycles. The van der Waals surface area contributed by atoms with E-state index in [1.807, 2.05) is 42.5 Å². The molecule has 6 heteroatoms. The summed E-state index contributed by atoms with van der Waals surface area (Å²) in [6.07, 6.45) is 2.18. The molecule has 158 valence electrons. The van der Waals surface area contributed by atoms with E-state index in [2.05, 4.69) is 26.1 Å². The molecule has 1 aliphatic heterocycles. The lowest BCUT2D eigenvalue weighted by atomic mass is 9.64. The quantitative estimate of drug-likeness (QED) is 0.612. The van der Waals surface area contributed by atoms with Crippen LogP contribution in [0.2, 0.25) is 0 Å². The molecule has 1 saturated carbocycles. The summed E-state index contributed by atoms with van der Waals surface area (Å²) < 4.78 is 5.42. The van der Waals surface area contributed by atoms with Gasteiger partial charge in [-0.3, -0.25) is 14.5 Å². The van der Waals surface area contributed by atoms with Crippen LogP contribution in [0.5, 0.6) is 0 Å². The number of rotatable bonds is 4. The highest BCUT2D eigenvalue weighted by Crippen LogP contribution is 2.46. The molecule has 1 saturated heterocycles. The number of amides is 3. The highest BCUT2D eigenvalue weighted by atomic mass is 16.5. The molecule has 2 atom stereocenters. The molecule has 30 heavy (non-hydrogen) atoms. The first-order valence-electron chi connectivity index (χ1n) is 10.5. The molecule has 0 bridgehead atoms. The third-order valence-electron chi connectivity index (χ3n) is 6.18. The first kappa shape index (κ1) is 20.4.